The molecular weight excluding hydrogens is 362 g/mol. The largest absolute Gasteiger partial charge is 2.00 e. The van der Waals surface area contributed by atoms with Gasteiger partial charge in [0.05, 0.1) is 14.2 Å². The van der Waals surface area contributed by atoms with Gasteiger partial charge in [-0.05, 0) is 24.3 Å². The summed E-state index contributed by atoms with van der Waals surface area (Å²) in [6.45, 7) is 0. The molecule has 0 spiro atoms. The number of ether oxygens (including phenoxy) is 2. The standard InChI is InChI=1S/2C11H9O.Zn/c2*1-12-11-7-6-9-4-2-3-5-10(9)8-11;/h2*3-8H,1H3;/q2*-1;+2. The van der Waals surface area contributed by atoms with Crippen LogP contribution in [0.25, 0.3) is 21.5 Å². The summed E-state index contributed by atoms with van der Waals surface area (Å²) in [5.41, 5.74) is 0. The van der Waals surface area contributed by atoms with Crippen LogP contribution in [0.15, 0.2) is 72.8 Å². The zero-order chi connectivity index (χ0) is 16.8. The van der Waals surface area contributed by atoms with E-state index in [1.165, 1.54) is 21.5 Å². The van der Waals surface area contributed by atoms with Crippen LogP contribution in [0.5, 0.6) is 11.5 Å². The van der Waals surface area contributed by atoms with Gasteiger partial charge in [-0.3, -0.25) is 0 Å². The molecule has 0 amide bonds. The summed E-state index contributed by atoms with van der Waals surface area (Å²) in [5.74, 6) is 1.79. The third-order valence-corrected chi connectivity index (χ3v) is 3.78. The third kappa shape index (κ3) is 4.81. The number of hydrogen-bond acceptors (Lipinski definition) is 2. The van der Waals surface area contributed by atoms with E-state index in [1.807, 2.05) is 72.8 Å². The van der Waals surface area contributed by atoms with E-state index in [0.717, 1.165) is 11.5 Å². The van der Waals surface area contributed by atoms with Crippen LogP contribution in [-0.2, 0) is 19.5 Å². The number of rotatable bonds is 2. The van der Waals surface area contributed by atoms with Crippen molar-refractivity contribution in [2.45, 2.75) is 0 Å². The Bertz CT molecular complexity index is 871. The number of methoxy groups -OCH3 is 2. The average molecular weight is 380 g/mol. The fraction of sp³-hybridized carbons (Fsp3) is 0.0909. The second kappa shape index (κ2) is 9.20. The molecule has 0 heterocycles. The van der Waals surface area contributed by atoms with Crippen molar-refractivity contribution in [3.8, 4) is 11.5 Å². The van der Waals surface area contributed by atoms with E-state index in [0.29, 0.717) is 0 Å². The molecule has 3 heteroatoms. The van der Waals surface area contributed by atoms with Crippen molar-refractivity contribution in [3.63, 3.8) is 0 Å². The Labute approximate surface area is 161 Å². The molecule has 0 unspecified atom stereocenters. The molecule has 4 rings (SSSR count). The van der Waals surface area contributed by atoms with Crippen LogP contribution < -0.4 is 9.47 Å². The molecular formula is C22H18O2Zn. The first-order chi connectivity index (χ1) is 11.8. The monoisotopic (exact) mass is 378 g/mol. The first-order valence-corrected chi connectivity index (χ1v) is 7.68. The summed E-state index contributed by atoms with van der Waals surface area (Å²) in [7, 11) is 3.35. The summed E-state index contributed by atoms with van der Waals surface area (Å²) in [6, 6.07) is 29.9. The van der Waals surface area contributed by atoms with Gasteiger partial charge in [-0.2, -0.15) is 48.5 Å². The zero-order valence-corrected chi connectivity index (χ0v) is 17.4. The normalized spacial score (nSPS) is 9.68. The van der Waals surface area contributed by atoms with E-state index in [9.17, 15) is 0 Å². The van der Waals surface area contributed by atoms with Crippen LogP contribution in [0.1, 0.15) is 0 Å². The zero-order valence-electron chi connectivity index (χ0n) is 14.5. The molecule has 25 heavy (non-hydrogen) atoms. The van der Waals surface area contributed by atoms with Crippen molar-refractivity contribution in [2.75, 3.05) is 14.2 Å². The number of hydrogen-bond donors (Lipinski definition) is 0. The maximum Gasteiger partial charge on any atom is 2.00 e. The van der Waals surface area contributed by atoms with Crippen molar-refractivity contribution < 1.29 is 29.0 Å². The molecule has 4 aromatic rings. The summed E-state index contributed by atoms with van der Waals surface area (Å²) < 4.78 is 10.2. The molecule has 2 nitrogen and oxygen atoms in total. The average Bonchev–Trinajstić information content (AvgIpc) is 2.67. The van der Waals surface area contributed by atoms with Crippen molar-refractivity contribution >= 4 is 21.5 Å². The van der Waals surface area contributed by atoms with Gasteiger partial charge in [0.2, 0.25) is 0 Å². The molecule has 0 aliphatic heterocycles. The second-order valence-corrected chi connectivity index (χ2v) is 5.28. The van der Waals surface area contributed by atoms with Crippen LogP contribution in [0.2, 0.25) is 0 Å². The SMILES string of the molecule is COc1ccc2c[c-]ccc2c1.COc1ccc2c[c-]ccc2c1.[Zn+2]. The van der Waals surface area contributed by atoms with Gasteiger partial charge < -0.3 is 9.47 Å². The van der Waals surface area contributed by atoms with Gasteiger partial charge in [0, 0.05) is 0 Å². The Kier molecular flexibility index (Phi) is 6.97. The van der Waals surface area contributed by atoms with E-state index < -0.39 is 0 Å². The summed E-state index contributed by atoms with van der Waals surface area (Å²) in [6.07, 6.45) is 0. The van der Waals surface area contributed by atoms with Crippen LogP contribution in [0, 0.1) is 12.1 Å². The Hall–Kier alpha value is -2.38. The van der Waals surface area contributed by atoms with Crippen molar-refractivity contribution in [3.05, 3.63) is 84.9 Å². The van der Waals surface area contributed by atoms with Crippen molar-refractivity contribution in [2.24, 2.45) is 0 Å². The van der Waals surface area contributed by atoms with Gasteiger partial charge in [-0.1, -0.05) is 0 Å². The van der Waals surface area contributed by atoms with Gasteiger partial charge in [-0.15, -0.1) is 33.7 Å². The fourth-order valence-corrected chi connectivity index (χ4v) is 2.46. The Morgan fingerprint density at radius 1 is 0.600 bits per heavy atom. The first kappa shape index (κ1) is 19.0. The number of benzene rings is 4. The molecule has 0 atom stereocenters. The Morgan fingerprint density at radius 2 is 1.04 bits per heavy atom. The van der Waals surface area contributed by atoms with E-state index in [-0.39, 0.29) is 19.5 Å². The van der Waals surface area contributed by atoms with E-state index >= 15 is 0 Å². The quantitative estimate of drug-likeness (QED) is 0.348. The van der Waals surface area contributed by atoms with Gasteiger partial charge >= 0.3 is 19.5 Å². The molecule has 0 aliphatic carbocycles. The predicted octanol–water partition coefficient (Wildman–Crippen LogP) is 5.29. The molecule has 0 saturated heterocycles. The molecule has 0 radical (unpaired) electrons. The van der Waals surface area contributed by atoms with Crippen LogP contribution in [-0.4, -0.2) is 14.2 Å². The Morgan fingerprint density at radius 3 is 1.44 bits per heavy atom. The second-order valence-electron chi connectivity index (χ2n) is 5.28. The molecule has 0 bridgehead atoms. The van der Waals surface area contributed by atoms with Crippen LogP contribution in [0.4, 0.5) is 0 Å². The van der Waals surface area contributed by atoms with Crippen LogP contribution >= 0.6 is 0 Å². The topological polar surface area (TPSA) is 18.5 Å². The molecule has 0 fully saturated rings. The van der Waals surface area contributed by atoms with Gasteiger partial charge in [0.25, 0.3) is 0 Å². The van der Waals surface area contributed by atoms with E-state index in [1.54, 1.807) is 14.2 Å². The maximum atomic E-state index is 5.11. The summed E-state index contributed by atoms with van der Waals surface area (Å²) in [4.78, 5) is 0. The first-order valence-electron chi connectivity index (χ1n) is 7.68. The minimum absolute atomic E-state index is 0. The van der Waals surface area contributed by atoms with Gasteiger partial charge in [0.1, 0.15) is 11.5 Å². The van der Waals surface area contributed by atoms with Crippen LogP contribution in [0.3, 0.4) is 0 Å². The molecule has 120 valence electrons. The smallest absolute Gasteiger partial charge is 0.497 e. The third-order valence-electron chi connectivity index (χ3n) is 3.78. The Balaban J connectivity index is 0.000000173. The van der Waals surface area contributed by atoms with Gasteiger partial charge in [-0.25, -0.2) is 0 Å². The van der Waals surface area contributed by atoms with Gasteiger partial charge in [0.15, 0.2) is 0 Å². The molecule has 0 aliphatic rings. The minimum atomic E-state index is 0. The molecule has 0 aromatic heterocycles. The van der Waals surface area contributed by atoms with E-state index in [4.69, 9.17) is 9.47 Å². The summed E-state index contributed by atoms with van der Waals surface area (Å²) in [5, 5.41) is 4.76. The number of fused-ring (bicyclic) bond motifs is 2. The maximum absolute atomic E-state index is 5.11. The van der Waals surface area contributed by atoms with Crippen molar-refractivity contribution in [1.29, 1.82) is 0 Å². The molecule has 0 saturated carbocycles. The minimum Gasteiger partial charge on any atom is -0.497 e. The predicted molar refractivity (Wildman–Crippen MR) is 98.7 cm³/mol. The van der Waals surface area contributed by atoms with E-state index in [2.05, 4.69) is 12.1 Å². The fourth-order valence-electron chi connectivity index (χ4n) is 2.46. The summed E-state index contributed by atoms with van der Waals surface area (Å²) >= 11 is 0. The molecule has 0 N–H and O–H groups in total. The van der Waals surface area contributed by atoms with Crippen molar-refractivity contribution in [1.82, 2.24) is 0 Å². The molecule has 4 aromatic carbocycles.